The van der Waals surface area contributed by atoms with E-state index in [1.165, 1.54) is 3.93 Å². The normalized spacial score (nSPS) is 6.56. The summed E-state index contributed by atoms with van der Waals surface area (Å²) < 4.78 is 6.26. The Kier molecular flexibility index (Phi) is 15.0. The molecule has 0 aliphatic carbocycles. The number of carboxylic acid groups (broad SMARTS) is 1. The fourth-order valence-electron chi connectivity index (χ4n) is 0.204. The van der Waals surface area contributed by atoms with Crippen molar-refractivity contribution < 1.29 is 37.6 Å². The maximum atomic E-state index is 9.00. The van der Waals surface area contributed by atoms with Crippen LogP contribution in [0, 0.1) is 0 Å². The Balaban J connectivity index is 0. The van der Waals surface area contributed by atoms with Gasteiger partial charge < -0.3 is 5.11 Å². The van der Waals surface area contributed by atoms with Crippen molar-refractivity contribution in [1.29, 1.82) is 0 Å². The molecule has 1 N–H and O–H groups in total. The van der Waals surface area contributed by atoms with Gasteiger partial charge in [0.1, 0.15) is 0 Å². The molecule has 0 heterocycles. The van der Waals surface area contributed by atoms with Gasteiger partial charge in [-0.15, -0.1) is 0 Å². The van der Waals surface area contributed by atoms with Gasteiger partial charge in [0.15, 0.2) is 0 Å². The molecule has 0 aliphatic rings. The van der Waals surface area contributed by atoms with Crippen molar-refractivity contribution in [1.82, 2.24) is 0 Å². The Morgan fingerprint density at radius 2 is 2.11 bits per heavy atom. The molecule has 0 rings (SSSR count). The molecule has 0 aromatic carbocycles. The Hall–Kier alpha value is 0.365. The van der Waals surface area contributed by atoms with Gasteiger partial charge in [0.2, 0.25) is 0 Å². The number of hydrogen-bond donors (Lipinski definition) is 1. The van der Waals surface area contributed by atoms with Gasteiger partial charge >= 0.3 is 45.6 Å². The predicted molar refractivity (Wildman–Crippen MR) is 30.8 cm³/mol. The molecule has 0 radical (unpaired) electrons. The van der Waals surface area contributed by atoms with Gasteiger partial charge in [0.05, 0.1) is 0 Å². The van der Waals surface area contributed by atoms with Crippen LogP contribution >= 0.6 is 0 Å². The molecule has 0 spiro atoms. The Morgan fingerprint density at radius 1 is 1.78 bits per heavy atom. The first-order chi connectivity index (χ1) is 4.15. The van der Waals surface area contributed by atoms with E-state index in [2.05, 4.69) is 6.92 Å². The zero-order valence-electron chi connectivity index (χ0n) is 6.18. The first kappa shape index (κ1) is 12.1. The topological polar surface area (TPSA) is 46.5 Å². The minimum absolute atomic E-state index is 0.642. The first-order valence-electron chi connectivity index (χ1n) is 2.83. The van der Waals surface area contributed by atoms with Crippen LogP contribution in [0.1, 0.15) is 13.8 Å². The molecule has 4 heteroatoms. The van der Waals surface area contributed by atoms with Crippen molar-refractivity contribution in [3.63, 3.8) is 0 Å². The summed E-state index contributed by atoms with van der Waals surface area (Å²) in [5.41, 5.74) is 0. The fourth-order valence-corrected chi connectivity index (χ4v) is 1.79. The average molecular weight is 321 g/mol. The van der Waals surface area contributed by atoms with Gasteiger partial charge in [0.25, 0.3) is 5.97 Å². The van der Waals surface area contributed by atoms with Crippen molar-refractivity contribution in [3.8, 4) is 0 Å². The van der Waals surface area contributed by atoms with Crippen LogP contribution in [-0.2, 0) is 32.5 Å². The van der Waals surface area contributed by atoms with Crippen molar-refractivity contribution in [2.24, 2.45) is 0 Å². The van der Waals surface area contributed by atoms with Crippen LogP contribution in [0.5, 0.6) is 0 Å². The molecule has 0 aromatic heterocycles. The van der Waals surface area contributed by atoms with Gasteiger partial charge in [-0.1, -0.05) is 0 Å². The molecule has 9 heavy (non-hydrogen) atoms. The van der Waals surface area contributed by atoms with E-state index in [1.807, 2.05) is 7.11 Å². The number of hydrogen-bond acceptors (Lipinski definition) is 2. The van der Waals surface area contributed by atoms with E-state index in [1.54, 1.807) is 0 Å². The molecule has 0 saturated heterocycles. The Bertz CT molecular complexity index is 59.2. The molecule has 0 aromatic rings. The van der Waals surface area contributed by atoms with Crippen LogP contribution in [0.15, 0.2) is 0 Å². The maximum absolute atomic E-state index is 9.00. The summed E-state index contributed by atoms with van der Waals surface area (Å²) in [6.07, 6.45) is 0. The van der Waals surface area contributed by atoms with E-state index in [9.17, 15) is 0 Å². The minimum atomic E-state index is -0.833. The molecular formula is C5H12HgO3. The molecule has 0 saturated carbocycles. The summed E-state index contributed by atoms with van der Waals surface area (Å²) in [5.74, 6) is -0.833. The van der Waals surface area contributed by atoms with Crippen LogP contribution in [0.25, 0.3) is 0 Å². The van der Waals surface area contributed by atoms with Gasteiger partial charge in [-0.3, -0.25) is 4.79 Å². The Labute approximate surface area is 68.5 Å². The summed E-state index contributed by atoms with van der Waals surface area (Å²) in [5, 5.41) is 7.42. The molecule has 3 nitrogen and oxygen atoms in total. The second kappa shape index (κ2) is 11.2. The molecule has 0 amide bonds. The third kappa shape index (κ3) is 60.6. The molecule has 0 aliphatic heterocycles. The van der Waals surface area contributed by atoms with Crippen molar-refractivity contribution >= 4 is 5.97 Å². The van der Waals surface area contributed by atoms with Crippen molar-refractivity contribution in [2.75, 3.05) is 7.11 Å². The molecule has 0 fully saturated rings. The standard InChI is InChI=1S/C2H4O2.C2H5.CH3O.Hg/c1-2(3)4;2*1-2;/h1H3,(H,3,4);1H2,2H3;1H3;/q;;-1;+1. The number of rotatable bonds is 2. The van der Waals surface area contributed by atoms with Gasteiger partial charge in [-0.05, 0) is 0 Å². The van der Waals surface area contributed by atoms with E-state index in [0.717, 1.165) is 6.92 Å². The third-order valence-electron chi connectivity index (χ3n) is 0.408. The summed E-state index contributed by atoms with van der Waals surface area (Å²) in [6, 6.07) is 0. The number of carbonyl (C=O) groups is 1. The van der Waals surface area contributed by atoms with Crippen molar-refractivity contribution in [3.05, 3.63) is 0 Å². The molecule has 0 unspecified atom stereocenters. The molecule has 0 atom stereocenters. The zero-order chi connectivity index (χ0) is 7.70. The van der Waals surface area contributed by atoms with E-state index in [0.29, 0.717) is 0 Å². The van der Waals surface area contributed by atoms with Gasteiger partial charge in [-0.2, -0.15) is 0 Å². The first-order valence-corrected chi connectivity index (χ1v) is 8.96. The fraction of sp³-hybridized carbons (Fsp3) is 0.800. The quantitative estimate of drug-likeness (QED) is 0.777. The molecular weight excluding hydrogens is 309 g/mol. The summed E-state index contributed by atoms with van der Waals surface area (Å²) in [4.78, 5) is 9.00. The molecule has 0 bridgehead atoms. The number of aliphatic carboxylic acids is 1. The van der Waals surface area contributed by atoms with Crippen LogP contribution in [-0.4, -0.2) is 18.2 Å². The SMILES string of the molecule is CC(=O)O.C[CH2][Hg][O]C. The second-order valence-corrected chi connectivity index (χ2v) is 9.23. The van der Waals surface area contributed by atoms with Crippen LogP contribution in [0.3, 0.4) is 0 Å². The van der Waals surface area contributed by atoms with Crippen LogP contribution in [0.4, 0.5) is 0 Å². The Morgan fingerprint density at radius 3 is 2.11 bits per heavy atom. The average Bonchev–Trinajstić information content (AvgIpc) is 1.66. The second-order valence-electron chi connectivity index (χ2n) is 1.51. The summed E-state index contributed by atoms with van der Waals surface area (Å²) >= 11 is -0.642. The van der Waals surface area contributed by atoms with Gasteiger partial charge in [-0.25, -0.2) is 0 Å². The summed E-state index contributed by atoms with van der Waals surface area (Å²) in [6.45, 7) is 3.27. The summed E-state index contributed by atoms with van der Waals surface area (Å²) in [7, 11) is 1.81. The predicted octanol–water partition coefficient (Wildman–Crippen LogP) is 1.16. The van der Waals surface area contributed by atoms with E-state index < -0.39 is 31.0 Å². The molecule has 52 valence electrons. The van der Waals surface area contributed by atoms with Crippen molar-refractivity contribution in [2.45, 2.75) is 17.8 Å². The van der Waals surface area contributed by atoms with Crippen LogP contribution < -0.4 is 0 Å². The van der Waals surface area contributed by atoms with Gasteiger partial charge in [0, 0.05) is 6.92 Å². The third-order valence-corrected chi connectivity index (χ3v) is 3.58. The van der Waals surface area contributed by atoms with E-state index in [-0.39, 0.29) is 0 Å². The zero-order valence-corrected chi connectivity index (χ0v) is 11.7. The van der Waals surface area contributed by atoms with E-state index >= 15 is 0 Å². The van der Waals surface area contributed by atoms with Crippen LogP contribution in [0.2, 0.25) is 3.93 Å². The van der Waals surface area contributed by atoms with E-state index in [4.69, 9.17) is 12.5 Å². The number of carboxylic acids is 1. The monoisotopic (exact) mass is 322 g/mol.